The number of sulfonamides is 1. The maximum atomic E-state index is 13.5. The van der Waals surface area contributed by atoms with Crippen LogP contribution in [0.3, 0.4) is 0 Å². The predicted octanol–water partition coefficient (Wildman–Crippen LogP) is 5.20. The zero-order valence-corrected chi connectivity index (χ0v) is 23.8. The summed E-state index contributed by atoms with van der Waals surface area (Å²) in [6.45, 7) is 3.66. The minimum absolute atomic E-state index is 0.0356. The Bertz CT molecular complexity index is 1220. The van der Waals surface area contributed by atoms with Crippen LogP contribution in [0.1, 0.15) is 63.0 Å². The Morgan fingerprint density at radius 1 is 1.11 bits per heavy atom. The van der Waals surface area contributed by atoms with E-state index in [-0.39, 0.29) is 49.6 Å². The summed E-state index contributed by atoms with van der Waals surface area (Å²) in [5.74, 6) is -0.886. The van der Waals surface area contributed by atoms with Gasteiger partial charge in [-0.25, -0.2) is 12.8 Å². The van der Waals surface area contributed by atoms with Crippen molar-refractivity contribution in [3.8, 4) is 0 Å². The Morgan fingerprint density at radius 3 is 2.39 bits per heavy atom. The molecular weight excluding hydrogens is 529 g/mol. The van der Waals surface area contributed by atoms with Crippen LogP contribution in [0.15, 0.2) is 42.5 Å². The molecule has 0 aromatic heterocycles. The normalized spacial score (nSPS) is 15.1. The van der Waals surface area contributed by atoms with E-state index in [0.717, 1.165) is 38.4 Å². The van der Waals surface area contributed by atoms with Crippen LogP contribution in [0.2, 0.25) is 5.02 Å². The molecule has 2 amide bonds. The number of benzene rings is 2. The number of hydrogen-bond acceptors (Lipinski definition) is 4. The highest BCUT2D eigenvalue weighted by molar-refractivity contribution is 7.92. The molecule has 2 aromatic carbocycles. The lowest BCUT2D eigenvalue weighted by Gasteiger charge is -2.31. The highest BCUT2D eigenvalue weighted by Gasteiger charge is 2.28. The van der Waals surface area contributed by atoms with Gasteiger partial charge in [0.05, 0.1) is 11.9 Å². The fraction of sp³-hybridized carbons (Fsp3) is 0.500. The van der Waals surface area contributed by atoms with E-state index in [1.54, 1.807) is 44.2 Å². The second-order valence-electron chi connectivity index (χ2n) is 9.99. The first kappa shape index (κ1) is 29.9. The van der Waals surface area contributed by atoms with Crippen molar-refractivity contribution in [2.24, 2.45) is 0 Å². The van der Waals surface area contributed by atoms with Crippen molar-refractivity contribution in [1.82, 2.24) is 10.2 Å². The largest absolute Gasteiger partial charge is 0.352 e. The average molecular weight is 566 g/mol. The first-order valence-corrected chi connectivity index (χ1v) is 15.3. The molecular formula is C28H37ClFN3O4S. The number of anilines is 1. The highest BCUT2D eigenvalue weighted by Crippen LogP contribution is 2.28. The fourth-order valence-electron chi connectivity index (χ4n) is 4.79. The average Bonchev–Trinajstić information content (AvgIpc) is 2.87. The Morgan fingerprint density at radius 2 is 1.76 bits per heavy atom. The summed E-state index contributed by atoms with van der Waals surface area (Å²) in [5, 5.41) is 3.54. The summed E-state index contributed by atoms with van der Waals surface area (Å²) in [7, 11) is -3.62. The second-order valence-corrected chi connectivity index (χ2v) is 12.3. The van der Waals surface area contributed by atoms with E-state index in [4.69, 9.17) is 11.6 Å². The van der Waals surface area contributed by atoms with E-state index in [1.165, 1.54) is 21.3 Å². The molecule has 1 fully saturated rings. The summed E-state index contributed by atoms with van der Waals surface area (Å²) in [5.41, 5.74) is 1.80. The SMILES string of the molecule is Cc1c(Cl)cccc1N(CCCC(=O)N(Cc1ccc(F)cc1)C(C)C(=O)NC1CCCCC1)S(C)(=O)=O. The monoisotopic (exact) mass is 565 g/mol. The summed E-state index contributed by atoms with van der Waals surface area (Å²) in [6.07, 6.45) is 6.55. The molecule has 0 saturated heterocycles. The third kappa shape index (κ3) is 8.17. The van der Waals surface area contributed by atoms with Crippen LogP contribution in [0.4, 0.5) is 10.1 Å². The van der Waals surface area contributed by atoms with Gasteiger partial charge in [-0.05, 0) is 68.5 Å². The summed E-state index contributed by atoms with van der Waals surface area (Å²) >= 11 is 6.21. The number of amides is 2. The standard InChI is InChI=1S/C28H37ClFN3O4S/c1-20-25(29)11-7-12-26(20)33(38(3,36)37)18-8-13-27(34)32(19-22-14-16-23(30)17-15-22)21(2)28(35)31-24-9-5-4-6-10-24/h7,11-12,14-17,21,24H,4-6,8-10,13,18-19H2,1-3H3,(H,31,35). The zero-order chi connectivity index (χ0) is 27.9. The van der Waals surface area contributed by atoms with Gasteiger partial charge < -0.3 is 10.2 Å². The Kier molecular flexibility index (Phi) is 10.6. The third-order valence-corrected chi connectivity index (χ3v) is 8.63. The molecule has 1 aliphatic rings. The molecule has 1 saturated carbocycles. The molecule has 1 N–H and O–H groups in total. The Hall–Kier alpha value is -2.65. The van der Waals surface area contributed by atoms with E-state index in [0.29, 0.717) is 21.8 Å². The molecule has 1 atom stereocenters. The van der Waals surface area contributed by atoms with Crippen LogP contribution in [-0.4, -0.2) is 50.0 Å². The van der Waals surface area contributed by atoms with Crippen LogP contribution < -0.4 is 9.62 Å². The number of hydrogen-bond donors (Lipinski definition) is 1. The van der Waals surface area contributed by atoms with Gasteiger partial charge >= 0.3 is 0 Å². The molecule has 3 rings (SSSR count). The predicted molar refractivity (Wildman–Crippen MR) is 149 cm³/mol. The first-order chi connectivity index (χ1) is 18.0. The van der Waals surface area contributed by atoms with E-state index in [9.17, 15) is 22.4 Å². The molecule has 2 aromatic rings. The lowest BCUT2D eigenvalue weighted by Crippen LogP contribution is -2.50. The van der Waals surface area contributed by atoms with Crippen molar-refractivity contribution in [3.05, 3.63) is 64.4 Å². The molecule has 0 spiro atoms. The molecule has 208 valence electrons. The number of rotatable bonds is 11. The molecule has 7 nitrogen and oxygen atoms in total. The molecule has 1 unspecified atom stereocenters. The highest BCUT2D eigenvalue weighted by atomic mass is 35.5. The van der Waals surface area contributed by atoms with Gasteiger partial charge in [0.2, 0.25) is 21.8 Å². The molecule has 0 radical (unpaired) electrons. The van der Waals surface area contributed by atoms with Crippen molar-refractivity contribution < 1.29 is 22.4 Å². The van der Waals surface area contributed by atoms with Crippen LogP contribution in [0.25, 0.3) is 0 Å². The number of halogens is 2. The molecule has 0 bridgehead atoms. The van der Waals surface area contributed by atoms with Crippen LogP contribution >= 0.6 is 11.6 Å². The van der Waals surface area contributed by atoms with Gasteiger partial charge in [0.15, 0.2) is 0 Å². The van der Waals surface area contributed by atoms with Crippen molar-refractivity contribution in [2.45, 2.75) is 77.4 Å². The van der Waals surface area contributed by atoms with Crippen molar-refractivity contribution in [3.63, 3.8) is 0 Å². The van der Waals surface area contributed by atoms with Gasteiger partial charge in [0, 0.05) is 30.6 Å². The minimum atomic E-state index is -3.62. The van der Waals surface area contributed by atoms with Crippen LogP contribution in [0, 0.1) is 12.7 Å². The van der Waals surface area contributed by atoms with Gasteiger partial charge in [0.1, 0.15) is 11.9 Å². The molecule has 0 heterocycles. The lowest BCUT2D eigenvalue weighted by molar-refractivity contribution is -0.141. The van der Waals surface area contributed by atoms with Gasteiger partial charge in [-0.1, -0.05) is 49.1 Å². The Balaban J connectivity index is 1.73. The number of nitrogens with zero attached hydrogens (tertiary/aromatic N) is 2. The van der Waals surface area contributed by atoms with Crippen LogP contribution in [-0.2, 0) is 26.2 Å². The third-order valence-electron chi connectivity index (χ3n) is 7.04. The second kappa shape index (κ2) is 13.4. The van der Waals surface area contributed by atoms with E-state index in [2.05, 4.69) is 5.32 Å². The summed E-state index contributed by atoms with van der Waals surface area (Å²) in [6, 6.07) is 10.2. The smallest absolute Gasteiger partial charge is 0.242 e. The molecule has 0 aliphatic heterocycles. The zero-order valence-electron chi connectivity index (χ0n) is 22.3. The number of nitrogens with one attached hydrogen (secondary N) is 1. The lowest BCUT2D eigenvalue weighted by atomic mass is 9.95. The molecule has 1 aliphatic carbocycles. The fourth-order valence-corrected chi connectivity index (χ4v) is 5.97. The number of carbonyl (C=O) groups excluding carboxylic acids is 2. The Labute approximate surface area is 230 Å². The molecule has 38 heavy (non-hydrogen) atoms. The topological polar surface area (TPSA) is 86.8 Å². The van der Waals surface area contributed by atoms with Gasteiger partial charge in [-0.2, -0.15) is 0 Å². The summed E-state index contributed by atoms with van der Waals surface area (Å²) < 4.78 is 39.8. The molecule has 10 heteroatoms. The van der Waals surface area contributed by atoms with Crippen molar-refractivity contribution >= 4 is 39.1 Å². The quantitative estimate of drug-likeness (QED) is 0.406. The van der Waals surface area contributed by atoms with Gasteiger partial charge in [-0.3, -0.25) is 13.9 Å². The summed E-state index contributed by atoms with van der Waals surface area (Å²) in [4.78, 5) is 28.0. The van der Waals surface area contributed by atoms with Crippen molar-refractivity contribution in [2.75, 3.05) is 17.1 Å². The van der Waals surface area contributed by atoms with E-state index >= 15 is 0 Å². The van der Waals surface area contributed by atoms with E-state index in [1.807, 2.05) is 0 Å². The first-order valence-electron chi connectivity index (χ1n) is 13.0. The van der Waals surface area contributed by atoms with Gasteiger partial charge in [0.25, 0.3) is 0 Å². The van der Waals surface area contributed by atoms with E-state index < -0.39 is 16.1 Å². The maximum Gasteiger partial charge on any atom is 0.242 e. The van der Waals surface area contributed by atoms with Gasteiger partial charge in [-0.15, -0.1) is 0 Å². The maximum absolute atomic E-state index is 13.5. The number of carbonyl (C=O) groups is 2. The van der Waals surface area contributed by atoms with Crippen molar-refractivity contribution in [1.29, 1.82) is 0 Å². The minimum Gasteiger partial charge on any atom is -0.352 e. The van der Waals surface area contributed by atoms with Crippen LogP contribution in [0.5, 0.6) is 0 Å².